The van der Waals surface area contributed by atoms with Gasteiger partial charge >= 0.3 is 5.97 Å². The molecular formula is C16H15N3O5. The first-order valence-corrected chi connectivity index (χ1v) is 7.22. The number of H-pyrrole nitrogens is 1. The number of allylic oxidation sites excluding steroid dienone is 1. The van der Waals surface area contributed by atoms with Crippen LogP contribution in [0.25, 0.3) is 17.1 Å². The van der Waals surface area contributed by atoms with E-state index in [1.165, 1.54) is 6.08 Å². The number of hydrogen-bond acceptors (Lipinski definition) is 6. The maximum absolute atomic E-state index is 12.3. The lowest BCUT2D eigenvalue weighted by Gasteiger charge is -2.12. The van der Waals surface area contributed by atoms with Gasteiger partial charge in [-0.1, -0.05) is 0 Å². The smallest absolute Gasteiger partial charge is 0.345 e. The Balaban J connectivity index is 1.96. The lowest BCUT2D eigenvalue weighted by Crippen LogP contribution is -2.30. The van der Waals surface area contributed by atoms with Crippen LogP contribution in [0.2, 0.25) is 0 Å². The zero-order valence-electron chi connectivity index (χ0n) is 12.7. The predicted molar refractivity (Wildman–Crippen MR) is 84.5 cm³/mol. The summed E-state index contributed by atoms with van der Waals surface area (Å²) < 4.78 is 5.40. The van der Waals surface area contributed by atoms with Gasteiger partial charge in [0.15, 0.2) is 11.3 Å². The van der Waals surface area contributed by atoms with Crippen LogP contribution < -0.4 is 5.32 Å². The minimum Gasteiger partial charge on any atom is -0.477 e. The Kier molecular flexibility index (Phi) is 4.05. The molecule has 3 rings (SSSR count). The number of carboxylic acids is 1. The van der Waals surface area contributed by atoms with Crippen LogP contribution in [-0.4, -0.2) is 44.6 Å². The summed E-state index contributed by atoms with van der Waals surface area (Å²) in [7, 11) is 0. The number of aromatic amines is 1. The van der Waals surface area contributed by atoms with Crippen molar-refractivity contribution in [1.82, 2.24) is 15.3 Å². The molecule has 0 amide bonds. The van der Waals surface area contributed by atoms with Crippen LogP contribution in [0.5, 0.6) is 0 Å². The topological polar surface area (TPSA) is 125 Å². The van der Waals surface area contributed by atoms with Crippen molar-refractivity contribution in [2.75, 3.05) is 6.61 Å². The van der Waals surface area contributed by atoms with Gasteiger partial charge in [0, 0.05) is 29.4 Å². The lowest BCUT2D eigenvalue weighted by molar-refractivity contribution is -0.134. The summed E-state index contributed by atoms with van der Waals surface area (Å²) in [6.45, 7) is 1.40. The Morgan fingerprint density at radius 3 is 3.04 bits per heavy atom. The molecule has 4 N–H and O–H groups in total. The van der Waals surface area contributed by atoms with Crippen LogP contribution in [0.4, 0.5) is 0 Å². The van der Waals surface area contributed by atoms with Crippen LogP contribution in [-0.2, 0) is 14.3 Å². The van der Waals surface area contributed by atoms with Crippen molar-refractivity contribution in [3.63, 3.8) is 0 Å². The fraction of sp³-hybridized carbons (Fsp3) is 0.188. The minimum absolute atomic E-state index is 0.107. The SMILES string of the molecule is CC(CO)NC1=C(C(=O)O)C(=O)/C(=C/c2c[nH]c3ncccc23)O1. The number of ketones is 1. The van der Waals surface area contributed by atoms with E-state index in [-0.39, 0.29) is 18.2 Å². The summed E-state index contributed by atoms with van der Waals surface area (Å²) in [6.07, 6.45) is 4.75. The van der Waals surface area contributed by atoms with Crippen LogP contribution in [0.15, 0.2) is 41.7 Å². The molecule has 0 fully saturated rings. The normalized spacial score (nSPS) is 17.4. The molecule has 0 spiro atoms. The molecule has 2 aromatic rings. The minimum atomic E-state index is -1.39. The van der Waals surface area contributed by atoms with Gasteiger partial charge in [0.05, 0.1) is 6.61 Å². The molecule has 0 saturated heterocycles. The summed E-state index contributed by atoms with van der Waals surface area (Å²) in [4.78, 5) is 30.8. The fourth-order valence-corrected chi connectivity index (χ4v) is 2.33. The Morgan fingerprint density at radius 1 is 1.54 bits per heavy atom. The quantitative estimate of drug-likeness (QED) is 0.472. The van der Waals surface area contributed by atoms with Gasteiger partial charge in [0.2, 0.25) is 11.7 Å². The Labute approximate surface area is 136 Å². The van der Waals surface area contributed by atoms with Crippen molar-refractivity contribution in [3.8, 4) is 0 Å². The van der Waals surface area contributed by atoms with E-state index in [9.17, 15) is 14.7 Å². The molecule has 1 unspecified atom stereocenters. The maximum Gasteiger partial charge on any atom is 0.345 e. The summed E-state index contributed by atoms with van der Waals surface area (Å²) in [6, 6.07) is 3.12. The van der Waals surface area contributed by atoms with Gasteiger partial charge < -0.3 is 25.3 Å². The summed E-state index contributed by atoms with van der Waals surface area (Å²) in [5.41, 5.74) is 0.815. The number of hydrogen-bond donors (Lipinski definition) is 4. The van der Waals surface area contributed by atoms with Crippen molar-refractivity contribution in [3.05, 3.63) is 47.3 Å². The number of aliphatic hydroxyl groups is 1. The molecule has 1 aliphatic rings. The van der Waals surface area contributed by atoms with E-state index >= 15 is 0 Å². The number of carbonyl (C=O) groups is 2. The molecule has 1 aliphatic heterocycles. The van der Waals surface area contributed by atoms with Crippen LogP contribution in [0.1, 0.15) is 12.5 Å². The van der Waals surface area contributed by atoms with E-state index in [0.717, 1.165) is 5.39 Å². The molecule has 24 heavy (non-hydrogen) atoms. The van der Waals surface area contributed by atoms with Crippen molar-refractivity contribution < 1.29 is 24.5 Å². The molecule has 8 nitrogen and oxygen atoms in total. The summed E-state index contributed by atoms with van der Waals surface area (Å²) >= 11 is 0. The summed E-state index contributed by atoms with van der Waals surface area (Å²) in [5, 5.41) is 21.8. The van der Waals surface area contributed by atoms with Gasteiger partial charge in [-0.15, -0.1) is 0 Å². The van der Waals surface area contributed by atoms with Crippen molar-refractivity contribution in [2.45, 2.75) is 13.0 Å². The highest BCUT2D eigenvalue weighted by Crippen LogP contribution is 2.27. The van der Waals surface area contributed by atoms with E-state index in [1.807, 2.05) is 6.07 Å². The van der Waals surface area contributed by atoms with Crippen LogP contribution in [0.3, 0.4) is 0 Å². The number of fused-ring (bicyclic) bond motifs is 1. The maximum atomic E-state index is 12.3. The van der Waals surface area contributed by atoms with Crippen LogP contribution in [0, 0.1) is 0 Å². The average Bonchev–Trinajstić information content (AvgIpc) is 3.09. The second-order valence-corrected chi connectivity index (χ2v) is 5.32. The zero-order chi connectivity index (χ0) is 17.3. The number of carbonyl (C=O) groups excluding carboxylic acids is 1. The largest absolute Gasteiger partial charge is 0.477 e. The fourth-order valence-electron chi connectivity index (χ4n) is 2.33. The van der Waals surface area contributed by atoms with Gasteiger partial charge in [0.1, 0.15) is 5.65 Å². The van der Waals surface area contributed by atoms with Crippen molar-refractivity contribution >= 4 is 28.9 Å². The first kappa shape index (κ1) is 15.8. The first-order chi connectivity index (χ1) is 11.5. The number of ether oxygens (including phenoxy) is 1. The molecule has 1 atom stereocenters. The number of rotatable bonds is 5. The molecule has 0 bridgehead atoms. The monoisotopic (exact) mass is 329 g/mol. The third-order valence-corrected chi connectivity index (χ3v) is 3.52. The number of carboxylic acid groups (broad SMARTS) is 1. The first-order valence-electron chi connectivity index (χ1n) is 7.22. The van der Waals surface area contributed by atoms with Gasteiger partial charge in [-0.05, 0) is 25.1 Å². The second-order valence-electron chi connectivity index (χ2n) is 5.32. The molecule has 0 aliphatic carbocycles. The van der Waals surface area contributed by atoms with Gasteiger partial charge in [-0.3, -0.25) is 4.79 Å². The average molecular weight is 329 g/mol. The van der Waals surface area contributed by atoms with Gasteiger partial charge in [-0.2, -0.15) is 0 Å². The molecule has 0 saturated carbocycles. The molecule has 0 aromatic carbocycles. The highest BCUT2D eigenvalue weighted by Gasteiger charge is 2.36. The zero-order valence-corrected chi connectivity index (χ0v) is 12.7. The number of nitrogens with zero attached hydrogens (tertiary/aromatic N) is 1. The van der Waals surface area contributed by atoms with E-state index in [0.29, 0.717) is 11.2 Å². The predicted octanol–water partition coefficient (Wildman–Crippen LogP) is 0.770. The van der Waals surface area contributed by atoms with E-state index in [1.54, 1.807) is 25.4 Å². The van der Waals surface area contributed by atoms with E-state index in [4.69, 9.17) is 9.84 Å². The number of aliphatic hydroxyl groups excluding tert-OH is 1. The van der Waals surface area contributed by atoms with E-state index in [2.05, 4.69) is 15.3 Å². The Morgan fingerprint density at radius 2 is 2.33 bits per heavy atom. The van der Waals surface area contributed by atoms with Crippen molar-refractivity contribution in [2.24, 2.45) is 0 Å². The third kappa shape index (κ3) is 2.74. The second kappa shape index (κ2) is 6.17. The third-order valence-electron chi connectivity index (χ3n) is 3.52. The molecule has 124 valence electrons. The van der Waals surface area contributed by atoms with Gasteiger partial charge in [-0.25, -0.2) is 9.78 Å². The highest BCUT2D eigenvalue weighted by molar-refractivity contribution is 6.26. The van der Waals surface area contributed by atoms with Crippen molar-refractivity contribution in [1.29, 1.82) is 0 Å². The lowest BCUT2D eigenvalue weighted by atomic mass is 10.1. The van der Waals surface area contributed by atoms with Crippen LogP contribution >= 0.6 is 0 Å². The number of aromatic nitrogens is 2. The standard InChI is InChI=1S/C16H15N3O5/c1-8(7-20)19-15-12(16(22)23)13(21)11(24-15)5-9-6-18-14-10(9)3-2-4-17-14/h2-6,8,19-20H,7H2,1H3,(H,17,18)(H,22,23)/b11-5-. The molecule has 8 heteroatoms. The molecular weight excluding hydrogens is 314 g/mol. The van der Waals surface area contributed by atoms with Gasteiger partial charge in [0.25, 0.3) is 0 Å². The Bertz CT molecular complexity index is 881. The highest BCUT2D eigenvalue weighted by atomic mass is 16.5. The number of aliphatic carboxylic acids is 1. The number of pyridine rings is 1. The number of Topliss-reactive ketones (excluding diaryl/α,β-unsaturated/α-hetero) is 1. The summed E-state index contributed by atoms with van der Waals surface area (Å²) in [5.74, 6) is -2.40. The molecule has 0 radical (unpaired) electrons. The molecule has 2 aromatic heterocycles. The molecule has 3 heterocycles. The Hall–Kier alpha value is -3.13. The van der Waals surface area contributed by atoms with E-state index < -0.39 is 23.4 Å². The number of nitrogens with one attached hydrogen (secondary N) is 2.